The monoisotopic (exact) mass is 243 g/mol. The molecule has 0 aliphatic carbocycles. The predicted molar refractivity (Wildman–Crippen MR) is 70.0 cm³/mol. The number of aryl methyl sites for hydroxylation is 1. The van der Waals surface area contributed by atoms with E-state index in [9.17, 15) is 9.59 Å². The Hall–Kier alpha value is -1.64. The van der Waals surface area contributed by atoms with E-state index < -0.39 is 0 Å². The van der Waals surface area contributed by atoms with E-state index in [1.807, 2.05) is 12.1 Å². The highest BCUT2D eigenvalue weighted by atomic mass is 16.2. The minimum absolute atomic E-state index is 0.216. The van der Waals surface area contributed by atoms with E-state index in [0.717, 1.165) is 31.5 Å². The zero-order valence-electron chi connectivity index (χ0n) is 10.6. The maximum atomic E-state index is 12.0. The molecule has 0 spiro atoms. The second-order valence-corrected chi connectivity index (χ2v) is 5.21. The Balaban J connectivity index is 2.09. The number of carbonyl (C=O) groups excluding carboxylic acids is 2. The number of ketones is 2. The van der Waals surface area contributed by atoms with Crippen LogP contribution in [0.3, 0.4) is 0 Å². The van der Waals surface area contributed by atoms with E-state index in [4.69, 9.17) is 0 Å². The average molecular weight is 243 g/mol. The van der Waals surface area contributed by atoms with E-state index in [2.05, 4.69) is 11.0 Å². The van der Waals surface area contributed by atoms with Crippen molar-refractivity contribution in [2.75, 3.05) is 18.0 Å². The topological polar surface area (TPSA) is 37.4 Å². The van der Waals surface area contributed by atoms with Gasteiger partial charge in [0, 0.05) is 25.7 Å². The Morgan fingerprint density at radius 1 is 1.28 bits per heavy atom. The molecule has 0 bridgehead atoms. The van der Waals surface area contributed by atoms with Gasteiger partial charge in [-0.3, -0.25) is 9.59 Å². The zero-order valence-corrected chi connectivity index (χ0v) is 10.6. The van der Waals surface area contributed by atoms with Crippen molar-refractivity contribution >= 4 is 17.3 Å². The molecule has 0 N–H and O–H groups in total. The summed E-state index contributed by atoms with van der Waals surface area (Å²) < 4.78 is 0. The molecule has 2 aliphatic heterocycles. The van der Waals surface area contributed by atoms with Gasteiger partial charge >= 0.3 is 0 Å². The van der Waals surface area contributed by atoms with E-state index in [0.29, 0.717) is 0 Å². The largest absolute Gasteiger partial charge is 0.371 e. The van der Waals surface area contributed by atoms with Gasteiger partial charge in [0.05, 0.1) is 5.92 Å². The van der Waals surface area contributed by atoms with Crippen LogP contribution in [0.1, 0.15) is 36.8 Å². The Morgan fingerprint density at radius 2 is 2.11 bits per heavy atom. The van der Waals surface area contributed by atoms with Crippen molar-refractivity contribution in [2.24, 2.45) is 0 Å². The highest BCUT2D eigenvalue weighted by Gasteiger charge is 2.34. The smallest absolute Gasteiger partial charge is 0.205 e. The van der Waals surface area contributed by atoms with E-state index in [1.165, 1.54) is 24.6 Å². The molecule has 3 rings (SSSR count). The van der Waals surface area contributed by atoms with Crippen molar-refractivity contribution in [1.82, 2.24) is 0 Å². The highest BCUT2D eigenvalue weighted by Crippen LogP contribution is 2.40. The molecule has 3 nitrogen and oxygen atoms in total. The lowest BCUT2D eigenvalue weighted by Crippen LogP contribution is -2.38. The fourth-order valence-electron chi connectivity index (χ4n) is 3.23. The number of rotatable bonds is 2. The van der Waals surface area contributed by atoms with Gasteiger partial charge in [0.25, 0.3) is 0 Å². The normalized spacial score (nSPS) is 21.4. The molecule has 0 amide bonds. The Morgan fingerprint density at radius 3 is 2.89 bits per heavy atom. The SMILES string of the molecule is CC(=O)C(=O)C1CCN2CCCc3cccc1c32. The van der Waals surface area contributed by atoms with Crippen LogP contribution in [0.2, 0.25) is 0 Å². The van der Waals surface area contributed by atoms with Crippen LogP contribution in [0, 0.1) is 0 Å². The Bertz CT molecular complexity index is 521. The molecule has 1 atom stereocenters. The fourth-order valence-corrected chi connectivity index (χ4v) is 3.23. The molecule has 0 aromatic heterocycles. The number of benzene rings is 1. The van der Waals surface area contributed by atoms with Crippen LogP contribution < -0.4 is 4.90 Å². The van der Waals surface area contributed by atoms with Crippen molar-refractivity contribution in [3.8, 4) is 0 Å². The molecular formula is C15H17NO2. The molecule has 0 radical (unpaired) electrons. The van der Waals surface area contributed by atoms with Gasteiger partial charge in [0.1, 0.15) is 0 Å². The second-order valence-electron chi connectivity index (χ2n) is 5.21. The molecule has 0 saturated heterocycles. The molecule has 18 heavy (non-hydrogen) atoms. The number of para-hydroxylation sites is 1. The van der Waals surface area contributed by atoms with Gasteiger partial charge < -0.3 is 4.90 Å². The first-order valence-corrected chi connectivity index (χ1v) is 6.60. The number of Topliss-reactive ketones (excluding diaryl/α,β-unsaturated/α-hetero) is 2. The van der Waals surface area contributed by atoms with Crippen molar-refractivity contribution in [1.29, 1.82) is 0 Å². The lowest BCUT2D eigenvalue weighted by Gasteiger charge is -2.39. The summed E-state index contributed by atoms with van der Waals surface area (Å²) >= 11 is 0. The number of hydrogen-bond donors (Lipinski definition) is 0. The minimum Gasteiger partial charge on any atom is -0.371 e. The first-order valence-electron chi connectivity index (χ1n) is 6.60. The quantitative estimate of drug-likeness (QED) is 0.746. The van der Waals surface area contributed by atoms with Gasteiger partial charge in [-0.2, -0.15) is 0 Å². The first-order chi connectivity index (χ1) is 8.68. The first kappa shape index (κ1) is 11.5. The van der Waals surface area contributed by atoms with Gasteiger partial charge in [-0.1, -0.05) is 18.2 Å². The lowest BCUT2D eigenvalue weighted by molar-refractivity contribution is -0.136. The van der Waals surface area contributed by atoms with Crippen LogP contribution >= 0.6 is 0 Å². The molecule has 2 aliphatic rings. The van der Waals surface area contributed by atoms with Crippen molar-refractivity contribution in [3.05, 3.63) is 29.3 Å². The molecule has 1 unspecified atom stereocenters. The third-order valence-electron chi connectivity index (χ3n) is 4.07. The van der Waals surface area contributed by atoms with Gasteiger partial charge in [0.2, 0.25) is 5.78 Å². The molecular weight excluding hydrogens is 226 g/mol. The number of carbonyl (C=O) groups is 2. The molecule has 3 heteroatoms. The predicted octanol–water partition coefficient (Wildman–Crippen LogP) is 2.08. The molecule has 1 aromatic carbocycles. The summed E-state index contributed by atoms with van der Waals surface area (Å²) in [7, 11) is 0. The number of anilines is 1. The second kappa shape index (κ2) is 4.23. The van der Waals surface area contributed by atoms with Gasteiger partial charge in [-0.05, 0) is 30.4 Å². The van der Waals surface area contributed by atoms with Crippen LogP contribution in [-0.4, -0.2) is 24.7 Å². The molecule has 94 valence electrons. The lowest BCUT2D eigenvalue weighted by atomic mass is 9.82. The summed E-state index contributed by atoms with van der Waals surface area (Å²) in [6.07, 6.45) is 3.04. The van der Waals surface area contributed by atoms with Crippen LogP contribution in [0.15, 0.2) is 18.2 Å². The molecule has 0 fully saturated rings. The summed E-state index contributed by atoms with van der Waals surface area (Å²) in [4.78, 5) is 25.7. The molecule has 2 heterocycles. The number of hydrogen-bond acceptors (Lipinski definition) is 3. The molecule has 0 saturated carbocycles. The highest BCUT2D eigenvalue weighted by molar-refractivity contribution is 6.38. The maximum absolute atomic E-state index is 12.0. The van der Waals surface area contributed by atoms with E-state index in [-0.39, 0.29) is 17.5 Å². The minimum atomic E-state index is -0.318. The third kappa shape index (κ3) is 1.65. The van der Waals surface area contributed by atoms with Crippen LogP contribution in [-0.2, 0) is 16.0 Å². The van der Waals surface area contributed by atoms with Gasteiger partial charge in [-0.25, -0.2) is 0 Å². The summed E-state index contributed by atoms with van der Waals surface area (Å²) in [5.74, 6) is -0.762. The van der Waals surface area contributed by atoms with Crippen molar-refractivity contribution in [2.45, 2.75) is 32.1 Å². The Kier molecular flexibility index (Phi) is 2.69. The van der Waals surface area contributed by atoms with Crippen molar-refractivity contribution < 1.29 is 9.59 Å². The summed E-state index contributed by atoms with van der Waals surface area (Å²) in [5.41, 5.74) is 3.63. The standard InChI is InChI=1S/C15H17NO2/c1-10(17)15(18)13-7-9-16-8-3-5-11-4-2-6-12(13)14(11)16/h2,4,6,13H,3,5,7-9H2,1H3. The summed E-state index contributed by atoms with van der Waals surface area (Å²) in [5, 5.41) is 0. The van der Waals surface area contributed by atoms with Crippen LogP contribution in [0.25, 0.3) is 0 Å². The Labute approximate surface area is 107 Å². The zero-order chi connectivity index (χ0) is 12.7. The molecule has 1 aromatic rings. The van der Waals surface area contributed by atoms with Gasteiger partial charge in [0.15, 0.2) is 5.78 Å². The average Bonchev–Trinajstić information content (AvgIpc) is 2.39. The summed E-state index contributed by atoms with van der Waals surface area (Å²) in [6, 6.07) is 6.18. The van der Waals surface area contributed by atoms with E-state index >= 15 is 0 Å². The third-order valence-corrected chi connectivity index (χ3v) is 4.07. The van der Waals surface area contributed by atoms with Crippen LogP contribution in [0.5, 0.6) is 0 Å². The number of nitrogens with zero attached hydrogens (tertiary/aromatic N) is 1. The van der Waals surface area contributed by atoms with Crippen molar-refractivity contribution in [3.63, 3.8) is 0 Å². The fraction of sp³-hybridized carbons (Fsp3) is 0.467. The summed E-state index contributed by atoms with van der Waals surface area (Å²) in [6.45, 7) is 3.35. The van der Waals surface area contributed by atoms with E-state index in [1.54, 1.807) is 0 Å². The maximum Gasteiger partial charge on any atom is 0.205 e. The van der Waals surface area contributed by atoms with Crippen LogP contribution in [0.4, 0.5) is 5.69 Å². The van der Waals surface area contributed by atoms with Gasteiger partial charge in [-0.15, -0.1) is 0 Å².